The van der Waals surface area contributed by atoms with Crippen LogP contribution in [0.3, 0.4) is 0 Å². The molecular formula is C19H17F3N6O. The van der Waals surface area contributed by atoms with Crippen molar-refractivity contribution in [2.45, 2.75) is 12.8 Å². The Morgan fingerprint density at radius 1 is 1.07 bits per heavy atom. The van der Waals surface area contributed by atoms with Crippen molar-refractivity contribution in [1.29, 1.82) is 0 Å². The molecule has 0 atom stereocenters. The second-order valence-corrected chi connectivity index (χ2v) is 6.68. The van der Waals surface area contributed by atoms with Gasteiger partial charge in [-0.3, -0.25) is 9.36 Å². The largest absolute Gasteiger partial charge is 0.356 e. The summed E-state index contributed by atoms with van der Waals surface area (Å²) in [5.74, 6) is -3.67. The maximum atomic E-state index is 13.8. The molecule has 0 bridgehead atoms. The minimum Gasteiger partial charge on any atom is -0.356 e. The summed E-state index contributed by atoms with van der Waals surface area (Å²) < 4.78 is 41.9. The molecule has 1 aromatic carbocycles. The Morgan fingerprint density at radius 2 is 1.83 bits per heavy atom. The molecule has 1 saturated heterocycles. The molecule has 0 radical (unpaired) electrons. The van der Waals surface area contributed by atoms with E-state index in [9.17, 15) is 18.0 Å². The van der Waals surface area contributed by atoms with Gasteiger partial charge in [-0.25, -0.2) is 28.1 Å². The van der Waals surface area contributed by atoms with Gasteiger partial charge in [-0.1, -0.05) is 0 Å². The van der Waals surface area contributed by atoms with E-state index in [-0.39, 0.29) is 11.6 Å². The summed E-state index contributed by atoms with van der Waals surface area (Å²) in [6.07, 6.45) is 7.57. The highest BCUT2D eigenvalue weighted by molar-refractivity contribution is 5.92. The number of halogens is 3. The van der Waals surface area contributed by atoms with E-state index in [1.165, 1.54) is 6.33 Å². The second-order valence-electron chi connectivity index (χ2n) is 6.68. The van der Waals surface area contributed by atoms with Crippen LogP contribution in [-0.4, -0.2) is 38.5 Å². The van der Waals surface area contributed by atoms with Crippen LogP contribution >= 0.6 is 0 Å². The SMILES string of the molecule is O=C(Nc1ccc(F)c(F)c1F)C1CCN(c2cc(-n3ccnc3)ncn2)CC1. The molecule has 0 unspecified atom stereocenters. The van der Waals surface area contributed by atoms with Crippen molar-refractivity contribution in [1.82, 2.24) is 19.5 Å². The highest BCUT2D eigenvalue weighted by atomic mass is 19.2. The molecule has 29 heavy (non-hydrogen) atoms. The van der Waals surface area contributed by atoms with E-state index < -0.39 is 23.4 Å². The lowest BCUT2D eigenvalue weighted by molar-refractivity contribution is -0.120. The number of nitrogens with zero attached hydrogens (tertiary/aromatic N) is 5. The molecule has 0 spiro atoms. The molecule has 7 nitrogen and oxygen atoms in total. The van der Waals surface area contributed by atoms with Gasteiger partial charge in [0.1, 0.15) is 24.3 Å². The first-order chi connectivity index (χ1) is 14.0. The van der Waals surface area contributed by atoms with E-state index in [1.54, 1.807) is 23.3 Å². The van der Waals surface area contributed by atoms with Gasteiger partial charge in [0.05, 0.1) is 5.69 Å². The van der Waals surface area contributed by atoms with Gasteiger partial charge in [0, 0.05) is 37.5 Å². The summed E-state index contributed by atoms with van der Waals surface area (Å²) in [6.45, 7) is 1.14. The Bertz CT molecular complexity index is 1020. The number of hydrogen-bond donors (Lipinski definition) is 1. The van der Waals surface area contributed by atoms with Crippen LogP contribution in [0.25, 0.3) is 5.82 Å². The Hall–Kier alpha value is -3.43. The molecule has 10 heteroatoms. The zero-order valence-corrected chi connectivity index (χ0v) is 15.2. The lowest BCUT2D eigenvalue weighted by Crippen LogP contribution is -2.38. The van der Waals surface area contributed by atoms with Crippen molar-refractivity contribution in [2.24, 2.45) is 5.92 Å². The third kappa shape index (κ3) is 3.91. The summed E-state index contributed by atoms with van der Waals surface area (Å²) in [7, 11) is 0. The monoisotopic (exact) mass is 402 g/mol. The molecule has 4 rings (SSSR count). The Balaban J connectivity index is 1.39. The maximum absolute atomic E-state index is 13.8. The second kappa shape index (κ2) is 7.90. The topological polar surface area (TPSA) is 75.9 Å². The number of rotatable bonds is 4. The van der Waals surface area contributed by atoms with Crippen molar-refractivity contribution in [3.05, 3.63) is 60.7 Å². The zero-order valence-electron chi connectivity index (χ0n) is 15.2. The quantitative estimate of drug-likeness (QED) is 0.679. The molecule has 1 fully saturated rings. The fourth-order valence-corrected chi connectivity index (χ4v) is 3.27. The van der Waals surface area contributed by atoms with Gasteiger partial charge in [-0.15, -0.1) is 0 Å². The minimum absolute atomic E-state index is 0.364. The standard InChI is InChI=1S/C19H17F3N6O/c20-13-1-2-14(18(22)17(13)21)26-19(29)12-3-6-27(7-4-12)15-9-16(25-10-24-15)28-8-5-23-11-28/h1-2,5,8-12H,3-4,6-7H2,(H,26,29). The number of amides is 1. The number of hydrogen-bond acceptors (Lipinski definition) is 5. The van der Waals surface area contributed by atoms with Gasteiger partial charge in [-0.05, 0) is 25.0 Å². The molecule has 1 N–H and O–H groups in total. The van der Waals surface area contributed by atoms with Gasteiger partial charge in [-0.2, -0.15) is 0 Å². The highest BCUT2D eigenvalue weighted by Gasteiger charge is 2.27. The van der Waals surface area contributed by atoms with Gasteiger partial charge >= 0.3 is 0 Å². The van der Waals surface area contributed by atoms with Gasteiger partial charge < -0.3 is 10.2 Å². The zero-order chi connectivity index (χ0) is 20.4. The van der Waals surface area contributed by atoms with Crippen LogP contribution in [0, 0.1) is 23.4 Å². The Kier molecular flexibility index (Phi) is 5.15. The average Bonchev–Trinajstić information content (AvgIpc) is 3.29. The van der Waals surface area contributed by atoms with E-state index in [1.807, 2.05) is 11.0 Å². The highest BCUT2D eigenvalue weighted by Crippen LogP contribution is 2.25. The summed E-state index contributed by atoms with van der Waals surface area (Å²) in [5.41, 5.74) is -0.364. The van der Waals surface area contributed by atoms with Crippen LogP contribution in [0.5, 0.6) is 0 Å². The Morgan fingerprint density at radius 3 is 2.55 bits per heavy atom. The van der Waals surface area contributed by atoms with E-state index >= 15 is 0 Å². The lowest BCUT2D eigenvalue weighted by Gasteiger charge is -2.32. The number of anilines is 2. The fraction of sp³-hybridized carbons (Fsp3) is 0.263. The maximum Gasteiger partial charge on any atom is 0.227 e. The number of carbonyl (C=O) groups is 1. The Labute approximate surface area is 164 Å². The molecule has 1 amide bonds. The van der Waals surface area contributed by atoms with Crippen LogP contribution in [0.4, 0.5) is 24.7 Å². The first-order valence-corrected chi connectivity index (χ1v) is 9.02. The van der Waals surface area contributed by atoms with E-state index in [0.717, 1.165) is 18.0 Å². The summed E-state index contributed by atoms with van der Waals surface area (Å²) >= 11 is 0. The molecule has 150 valence electrons. The number of aromatic nitrogens is 4. The summed E-state index contributed by atoms with van der Waals surface area (Å²) in [5, 5.41) is 2.36. The van der Waals surface area contributed by atoms with Crippen LogP contribution in [0.15, 0.2) is 43.2 Å². The third-order valence-corrected chi connectivity index (χ3v) is 4.89. The van der Waals surface area contributed by atoms with Gasteiger partial charge in [0.2, 0.25) is 5.91 Å². The van der Waals surface area contributed by atoms with Crippen LogP contribution in [0.2, 0.25) is 0 Å². The van der Waals surface area contributed by atoms with Crippen molar-refractivity contribution in [3.8, 4) is 5.82 Å². The molecule has 2 aromatic heterocycles. The molecule has 1 aliphatic rings. The number of imidazole rings is 1. The van der Waals surface area contributed by atoms with Gasteiger partial charge in [0.25, 0.3) is 0 Å². The fourth-order valence-electron chi connectivity index (χ4n) is 3.27. The van der Waals surface area contributed by atoms with Crippen LogP contribution < -0.4 is 10.2 Å². The smallest absolute Gasteiger partial charge is 0.227 e. The molecule has 3 aromatic rings. The van der Waals surface area contributed by atoms with Crippen molar-refractivity contribution >= 4 is 17.4 Å². The first kappa shape index (κ1) is 18.9. The predicted octanol–water partition coefficient (Wildman–Crippen LogP) is 2.93. The number of piperidine rings is 1. The summed E-state index contributed by atoms with van der Waals surface area (Å²) in [4.78, 5) is 27.0. The average molecular weight is 402 g/mol. The molecule has 0 aliphatic carbocycles. The minimum atomic E-state index is -1.60. The van der Waals surface area contributed by atoms with Crippen LogP contribution in [0.1, 0.15) is 12.8 Å². The van der Waals surface area contributed by atoms with Crippen molar-refractivity contribution in [2.75, 3.05) is 23.3 Å². The number of nitrogens with one attached hydrogen (secondary N) is 1. The number of benzene rings is 1. The van der Waals surface area contributed by atoms with Gasteiger partial charge in [0.15, 0.2) is 17.5 Å². The molecule has 0 saturated carbocycles. The number of carbonyl (C=O) groups excluding carboxylic acids is 1. The van der Waals surface area contributed by atoms with Crippen LogP contribution in [-0.2, 0) is 4.79 Å². The molecule has 3 heterocycles. The normalized spacial score (nSPS) is 14.8. The van der Waals surface area contributed by atoms with E-state index in [0.29, 0.717) is 31.7 Å². The molecular weight excluding hydrogens is 385 g/mol. The summed E-state index contributed by atoms with van der Waals surface area (Å²) in [6, 6.07) is 3.63. The first-order valence-electron chi connectivity index (χ1n) is 9.02. The molecule has 1 aliphatic heterocycles. The third-order valence-electron chi connectivity index (χ3n) is 4.89. The predicted molar refractivity (Wildman–Crippen MR) is 99.0 cm³/mol. The van der Waals surface area contributed by atoms with E-state index in [4.69, 9.17) is 0 Å². The van der Waals surface area contributed by atoms with Crippen molar-refractivity contribution < 1.29 is 18.0 Å². The van der Waals surface area contributed by atoms with E-state index in [2.05, 4.69) is 20.3 Å². The van der Waals surface area contributed by atoms with Crippen molar-refractivity contribution in [3.63, 3.8) is 0 Å². The lowest BCUT2D eigenvalue weighted by atomic mass is 9.95.